The average Bonchev–Trinajstić information content (AvgIpc) is 2.77. The van der Waals surface area contributed by atoms with Crippen LogP contribution in [0.5, 0.6) is 0 Å². The molecule has 9 heteroatoms. The van der Waals surface area contributed by atoms with Gasteiger partial charge in [0.15, 0.2) is 0 Å². The van der Waals surface area contributed by atoms with Crippen LogP contribution in [-0.2, 0) is 25.4 Å². The van der Waals surface area contributed by atoms with Crippen molar-refractivity contribution in [3.8, 4) is 0 Å². The summed E-state index contributed by atoms with van der Waals surface area (Å²) in [4.78, 5) is 39.4. The standard InChI is InChI=1S/C22H23N3O5S/c26-20(14-25-22(28)19-9-5-4-6-17(19)15-31(25,29)30)24-12-10-16(11-13-24)21(27)23-18-7-2-1-3-8-18/h1-9,16H,10-15H2,(H,23,27). The topological polar surface area (TPSA) is 104 Å². The van der Waals surface area contributed by atoms with Crippen molar-refractivity contribution in [1.82, 2.24) is 9.21 Å². The number of para-hydroxylation sites is 1. The van der Waals surface area contributed by atoms with Gasteiger partial charge >= 0.3 is 0 Å². The molecule has 2 aromatic carbocycles. The zero-order chi connectivity index (χ0) is 22.0. The van der Waals surface area contributed by atoms with E-state index < -0.39 is 28.4 Å². The van der Waals surface area contributed by atoms with E-state index in [0.29, 0.717) is 41.4 Å². The number of sulfonamides is 1. The van der Waals surface area contributed by atoms with Gasteiger partial charge in [0.25, 0.3) is 5.91 Å². The normalized spacial score (nSPS) is 18.4. The summed E-state index contributed by atoms with van der Waals surface area (Å²) in [5.74, 6) is -1.73. The summed E-state index contributed by atoms with van der Waals surface area (Å²) in [5, 5.41) is 2.87. The van der Waals surface area contributed by atoms with Gasteiger partial charge in [-0.25, -0.2) is 12.7 Å². The molecule has 31 heavy (non-hydrogen) atoms. The van der Waals surface area contributed by atoms with E-state index in [-0.39, 0.29) is 17.6 Å². The van der Waals surface area contributed by atoms with Gasteiger partial charge in [-0.1, -0.05) is 36.4 Å². The van der Waals surface area contributed by atoms with Crippen LogP contribution in [0.1, 0.15) is 28.8 Å². The van der Waals surface area contributed by atoms with Crippen molar-refractivity contribution < 1.29 is 22.8 Å². The molecule has 3 amide bonds. The van der Waals surface area contributed by atoms with Crippen molar-refractivity contribution in [1.29, 1.82) is 0 Å². The second-order valence-electron chi connectivity index (χ2n) is 7.74. The van der Waals surface area contributed by atoms with Gasteiger partial charge in [0.1, 0.15) is 6.54 Å². The van der Waals surface area contributed by atoms with Crippen LogP contribution in [0.3, 0.4) is 0 Å². The highest BCUT2D eigenvalue weighted by Crippen LogP contribution is 2.25. The average molecular weight is 442 g/mol. The number of anilines is 1. The fourth-order valence-corrected chi connectivity index (χ4v) is 5.40. The summed E-state index contributed by atoms with van der Waals surface area (Å²) in [6.07, 6.45) is 0.960. The molecule has 2 aromatic rings. The third kappa shape index (κ3) is 4.46. The number of nitrogens with one attached hydrogen (secondary N) is 1. The molecule has 0 unspecified atom stereocenters. The molecule has 1 N–H and O–H groups in total. The quantitative estimate of drug-likeness (QED) is 0.780. The third-order valence-corrected chi connectivity index (χ3v) is 7.33. The fourth-order valence-electron chi connectivity index (χ4n) is 3.94. The monoisotopic (exact) mass is 441 g/mol. The lowest BCUT2D eigenvalue weighted by Crippen LogP contribution is -2.50. The molecule has 8 nitrogen and oxygen atoms in total. The Morgan fingerprint density at radius 3 is 2.32 bits per heavy atom. The van der Waals surface area contributed by atoms with Crippen LogP contribution < -0.4 is 5.32 Å². The van der Waals surface area contributed by atoms with E-state index in [2.05, 4.69) is 5.32 Å². The van der Waals surface area contributed by atoms with E-state index in [1.807, 2.05) is 30.3 Å². The van der Waals surface area contributed by atoms with Crippen LogP contribution in [0, 0.1) is 5.92 Å². The van der Waals surface area contributed by atoms with E-state index in [9.17, 15) is 22.8 Å². The molecule has 4 rings (SSSR count). The van der Waals surface area contributed by atoms with E-state index >= 15 is 0 Å². The summed E-state index contributed by atoms with van der Waals surface area (Å²) in [6, 6.07) is 15.7. The van der Waals surface area contributed by atoms with Gasteiger partial charge in [0.05, 0.1) is 5.75 Å². The molecule has 0 bridgehead atoms. The fraction of sp³-hybridized carbons (Fsp3) is 0.318. The molecular weight excluding hydrogens is 418 g/mol. The second kappa shape index (κ2) is 8.50. The van der Waals surface area contributed by atoms with Gasteiger partial charge in [-0.15, -0.1) is 0 Å². The summed E-state index contributed by atoms with van der Waals surface area (Å²) in [7, 11) is -3.91. The van der Waals surface area contributed by atoms with Crippen molar-refractivity contribution >= 4 is 33.4 Å². The molecule has 2 aliphatic heterocycles. The molecule has 162 valence electrons. The summed E-state index contributed by atoms with van der Waals surface area (Å²) < 4.78 is 25.8. The Kier molecular flexibility index (Phi) is 5.77. The smallest absolute Gasteiger partial charge is 0.268 e. The van der Waals surface area contributed by atoms with Gasteiger partial charge in [-0.05, 0) is 36.6 Å². The molecule has 0 atom stereocenters. The van der Waals surface area contributed by atoms with E-state index in [4.69, 9.17) is 0 Å². The largest absolute Gasteiger partial charge is 0.341 e. The number of nitrogens with zero attached hydrogens (tertiary/aromatic N) is 2. The molecule has 0 aliphatic carbocycles. The first kappa shape index (κ1) is 21.0. The number of rotatable bonds is 4. The number of hydrogen-bond acceptors (Lipinski definition) is 5. The maximum atomic E-state index is 12.7. The Morgan fingerprint density at radius 1 is 0.968 bits per heavy atom. The zero-order valence-corrected chi connectivity index (χ0v) is 17.7. The number of carbonyl (C=O) groups is 3. The first-order valence-corrected chi connectivity index (χ1v) is 11.7. The Labute approximate surface area is 180 Å². The molecule has 0 spiro atoms. The summed E-state index contributed by atoms with van der Waals surface area (Å²) in [6.45, 7) is 0.158. The zero-order valence-electron chi connectivity index (χ0n) is 16.9. The number of hydrogen-bond donors (Lipinski definition) is 1. The van der Waals surface area contributed by atoms with E-state index in [1.165, 1.54) is 4.90 Å². The third-order valence-electron chi connectivity index (χ3n) is 5.69. The van der Waals surface area contributed by atoms with Crippen molar-refractivity contribution in [3.63, 3.8) is 0 Å². The first-order valence-electron chi connectivity index (χ1n) is 10.1. The number of fused-ring (bicyclic) bond motifs is 1. The molecular formula is C22H23N3O5S. The predicted octanol–water partition coefficient (Wildman–Crippen LogP) is 1.85. The maximum absolute atomic E-state index is 12.7. The van der Waals surface area contributed by atoms with E-state index in [0.717, 1.165) is 5.69 Å². The SMILES string of the molecule is O=C(Nc1ccccc1)C1CCN(C(=O)CN2C(=O)c3ccccc3CS2(=O)=O)CC1. The minimum absolute atomic E-state index is 0.0938. The van der Waals surface area contributed by atoms with Crippen LogP contribution in [-0.4, -0.2) is 55.0 Å². The lowest BCUT2D eigenvalue weighted by Gasteiger charge is -2.34. The van der Waals surface area contributed by atoms with Gasteiger partial charge in [0, 0.05) is 30.3 Å². The number of amides is 3. The Morgan fingerprint density at radius 2 is 1.61 bits per heavy atom. The minimum atomic E-state index is -3.91. The number of carbonyl (C=O) groups excluding carboxylic acids is 3. The molecule has 2 aliphatic rings. The summed E-state index contributed by atoms with van der Waals surface area (Å²) in [5.41, 5.74) is 1.47. The predicted molar refractivity (Wildman–Crippen MR) is 114 cm³/mol. The van der Waals surface area contributed by atoms with Crippen LogP contribution >= 0.6 is 0 Å². The highest BCUT2D eigenvalue weighted by molar-refractivity contribution is 7.89. The number of benzene rings is 2. The molecule has 0 saturated carbocycles. The maximum Gasteiger partial charge on any atom is 0.268 e. The highest BCUT2D eigenvalue weighted by Gasteiger charge is 2.38. The number of likely N-dealkylation sites (tertiary alicyclic amines) is 1. The molecule has 2 heterocycles. The highest BCUT2D eigenvalue weighted by atomic mass is 32.2. The van der Waals surface area contributed by atoms with Crippen LogP contribution in [0.2, 0.25) is 0 Å². The van der Waals surface area contributed by atoms with Crippen LogP contribution in [0.4, 0.5) is 5.69 Å². The lowest BCUT2D eigenvalue weighted by atomic mass is 9.95. The van der Waals surface area contributed by atoms with Gasteiger partial charge in [0.2, 0.25) is 21.8 Å². The molecule has 1 fully saturated rings. The van der Waals surface area contributed by atoms with Crippen molar-refractivity contribution in [2.75, 3.05) is 25.0 Å². The Balaban J connectivity index is 1.36. The molecule has 0 aromatic heterocycles. The first-order chi connectivity index (χ1) is 14.8. The van der Waals surface area contributed by atoms with Crippen molar-refractivity contribution in [2.45, 2.75) is 18.6 Å². The summed E-state index contributed by atoms with van der Waals surface area (Å²) >= 11 is 0. The Bertz CT molecular complexity index is 1110. The van der Waals surface area contributed by atoms with Crippen LogP contribution in [0.25, 0.3) is 0 Å². The Hall–Kier alpha value is -3.20. The van der Waals surface area contributed by atoms with Crippen molar-refractivity contribution in [3.05, 3.63) is 65.7 Å². The van der Waals surface area contributed by atoms with Gasteiger partial charge < -0.3 is 10.2 Å². The second-order valence-corrected chi connectivity index (χ2v) is 9.63. The van der Waals surface area contributed by atoms with Gasteiger partial charge in [-0.2, -0.15) is 0 Å². The lowest BCUT2D eigenvalue weighted by molar-refractivity contribution is -0.134. The molecule has 1 saturated heterocycles. The van der Waals surface area contributed by atoms with Crippen molar-refractivity contribution in [2.24, 2.45) is 5.92 Å². The molecule has 0 radical (unpaired) electrons. The minimum Gasteiger partial charge on any atom is -0.341 e. The van der Waals surface area contributed by atoms with E-state index in [1.54, 1.807) is 24.3 Å². The van der Waals surface area contributed by atoms with Crippen LogP contribution in [0.15, 0.2) is 54.6 Å². The van der Waals surface area contributed by atoms with Gasteiger partial charge in [-0.3, -0.25) is 14.4 Å². The number of piperidine rings is 1.